The summed E-state index contributed by atoms with van der Waals surface area (Å²) in [5.74, 6) is 0.546. The smallest absolute Gasteiger partial charge is 0.320 e. The van der Waals surface area contributed by atoms with E-state index in [1.807, 2.05) is 12.1 Å². The van der Waals surface area contributed by atoms with Gasteiger partial charge in [0.1, 0.15) is 0 Å². The van der Waals surface area contributed by atoms with Crippen molar-refractivity contribution in [1.29, 1.82) is 0 Å². The maximum atomic E-state index is 12.5. The van der Waals surface area contributed by atoms with E-state index in [4.69, 9.17) is 9.15 Å². The summed E-state index contributed by atoms with van der Waals surface area (Å²) in [6, 6.07) is 11.9. The van der Waals surface area contributed by atoms with Crippen molar-refractivity contribution in [2.75, 3.05) is 12.4 Å². The number of nitrogens with zero attached hydrogens (tertiary/aromatic N) is 3. The number of benzene rings is 1. The minimum Gasteiger partial charge on any atom is -0.469 e. The number of pyridine rings is 1. The van der Waals surface area contributed by atoms with Crippen molar-refractivity contribution >= 4 is 23.5 Å². The molecule has 0 bridgehead atoms. The number of Topliss-reactive ketones (excluding diaryl/α,β-unsaturated/α-hetero) is 1. The van der Waals surface area contributed by atoms with E-state index in [2.05, 4.69) is 32.6 Å². The van der Waals surface area contributed by atoms with Crippen LogP contribution in [0.15, 0.2) is 53.2 Å². The van der Waals surface area contributed by atoms with Crippen LogP contribution in [0.1, 0.15) is 59.8 Å². The third-order valence-electron chi connectivity index (χ3n) is 5.94. The molecular formula is C24H26N4O4. The number of esters is 1. The Morgan fingerprint density at radius 1 is 1.03 bits per heavy atom. The van der Waals surface area contributed by atoms with Crippen molar-refractivity contribution in [2.24, 2.45) is 5.92 Å². The van der Waals surface area contributed by atoms with Crippen LogP contribution in [0.3, 0.4) is 0 Å². The molecule has 2 heterocycles. The zero-order valence-corrected chi connectivity index (χ0v) is 18.0. The highest BCUT2D eigenvalue weighted by atomic mass is 16.5. The van der Waals surface area contributed by atoms with Crippen LogP contribution >= 0.6 is 0 Å². The van der Waals surface area contributed by atoms with Crippen LogP contribution in [0.4, 0.5) is 11.7 Å². The lowest BCUT2D eigenvalue weighted by molar-refractivity contribution is -0.142. The molecule has 4 rings (SSSR count). The standard InChI is InChI=1S/C24H26N4O4/c1-31-22(30)15-17-4-8-19(9-5-17)18-6-2-16(3-7-18)14-21(29)23-27-28-24(32-23)26-20-10-12-25-13-11-20/h2-3,6-7,10-13,17,19H,4-5,8-9,14-15H2,1H3,(H,25,26,28). The highest BCUT2D eigenvalue weighted by Crippen LogP contribution is 2.37. The molecule has 2 aromatic heterocycles. The van der Waals surface area contributed by atoms with Gasteiger partial charge >= 0.3 is 12.0 Å². The minimum atomic E-state index is -0.226. The molecule has 0 aliphatic heterocycles. The van der Waals surface area contributed by atoms with E-state index >= 15 is 0 Å². The number of methoxy groups -OCH3 is 1. The summed E-state index contributed by atoms with van der Waals surface area (Å²) >= 11 is 0. The maximum absolute atomic E-state index is 12.5. The third-order valence-corrected chi connectivity index (χ3v) is 5.94. The molecule has 8 heteroatoms. The number of hydrogen-bond donors (Lipinski definition) is 1. The molecule has 0 saturated heterocycles. The summed E-state index contributed by atoms with van der Waals surface area (Å²) < 4.78 is 10.2. The molecule has 0 atom stereocenters. The average Bonchev–Trinajstić information content (AvgIpc) is 3.29. The predicted octanol–water partition coefficient (Wildman–Crippen LogP) is 4.47. The van der Waals surface area contributed by atoms with E-state index < -0.39 is 0 Å². The monoisotopic (exact) mass is 434 g/mol. The Kier molecular flexibility index (Phi) is 6.89. The Morgan fingerprint density at radius 3 is 2.44 bits per heavy atom. The van der Waals surface area contributed by atoms with Gasteiger partial charge < -0.3 is 14.5 Å². The van der Waals surface area contributed by atoms with Crippen LogP contribution in [0.25, 0.3) is 0 Å². The summed E-state index contributed by atoms with van der Waals surface area (Å²) in [5, 5.41) is 10.7. The molecule has 1 fully saturated rings. The van der Waals surface area contributed by atoms with Crippen LogP contribution in [-0.4, -0.2) is 34.0 Å². The van der Waals surface area contributed by atoms with Gasteiger partial charge in [0.2, 0.25) is 5.78 Å². The first kappa shape index (κ1) is 21.7. The summed E-state index contributed by atoms with van der Waals surface area (Å²) in [6.45, 7) is 0. The van der Waals surface area contributed by atoms with Crippen LogP contribution in [0, 0.1) is 5.92 Å². The van der Waals surface area contributed by atoms with Crippen molar-refractivity contribution in [3.8, 4) is 0 Å². The van der Waals surface area contributed by atoms with Gasteiger partial charge in [0, 0.05) is 30.9 Å². The van der Waals surface area contributed by atoms with Crippen molar-refractivity contribution < 1.29 is 18.7 Å². The van der Waals surface area contributed by atoms with Crippen LogP contribution in [0.5, 0.6) is 0 Å². The zero-order chi connectivity index (χ0) is 22.3. The van der Waals surface area contributed by atoms with Gasteiger partial charge in [0.25, 0.3) is 5.89 Å². The van der Waals surface area contributed by atoms with Gasteiger partial charge in [-0.05, 0) is 60.8 Å². The second-order valence-electron chi connectivity index (χ2n) is 8.11. The fourth-order valence-corrected chi connectivity index (χ4v) is 4.13. The van der Waals surface area contributed by atoms with Gasteiger partial charge in [-0.3, -0.25) is 14.6 Å². The van der Waals surface area contributed by atoms with E-state index in [1.165, 1.54) is 12.7 Å². The number of ketones is 1. The van der Waals surface area contributed by atoms with Gasteiger partial charge in [0.05, 0.1) is 7.11 Å². The Labute approximate surface area is 186 Å². The number of ether oxygens (including phenoxy) is 1. The molecule has 166 valence electrons. The molecule has 0 unspecified atom stereocenters. The van der Waals surface area contributed by atoms with Crippen LogP contribution in [0.2, 0.25) is 0 Å². The zero-order valence-electron chi connectivity index (χ0n) is 18.0. The molecule has 1 aliphatic rings. The summed E-state index contributed by atoms with van der Waals surface area (Å²) in [5.41, 5.74) is 2.93. The second kappa shape index (κ2) is 10.2. The summed E-state index contributed by atoms with van der Waals surface area (Å²) in [7, 11) is 1.44. The lowest BCUT2D eigenvalue weighted by atomic mass is 9.77. The number of anilines is 2. The molecule has 1 aromatic carbocycles. The number of carbonyl (C=O) groups is 2. The average molecular weight is 434 g/mol. The largest absolute Gasteiger partial charge is 0.469 e. The molecule has 0 spiro atoms. The van der Waals surface area contributed by atoms with Crippen LogP contribution < -0.4 is 5.32 Å². The normalized spacial score (nSPS) is 18.2. The molecule has 32 heavy (non-hydrogen) atoms. The van der Waals surface area contributed by atoms with Gasteiger partial charge in [-0.1, -0.05) is 29.4 Å². The molecular weight excluding hydrogens is 408 g/mol. The van der Waals surface area contributed by atoms with Gasteiger partial charge in [0.15, 0.2) is 0 Å². The topological polar surface area (TPSA) is 107 Å². The third kappa shape index (κ3) is 5.57. The van der Waals surface area contributed by atoms with Crippen molar-refractivity contribution in [2.45, 2.75) is 44.4 Å². The SMILES string of the molecule is COC(=O)CC1CCC(c2ccc(CC(=O)c3nnc(Nc4ccncc4)o3)cc2)CC1. The molecule has 0 radical (unpaired) electrons. The van der Waals surface area contributed by atoms with E-state index in [-0.39, 0.29) is 30.1 Å². The number of aromatic nitrogens is 3. The number of nitrogens with one attached hydrogen (secondary N) is 1. The first-order valence-electron chi connectivity index (χ1n) is 10.8. The first-order chi connectivity index (χ1) is 15.6. The molecule has 1 aliphatic carbocycles. The van der Waals surface area contributed by atoms with Gasteiger partial charge in [-0.25, -0.2) is 0 Å². The second-order valence-corrected chi connectivity index (χ2v) is 8.11. The van der Waals surface area contributed by atoms with Crippen molar-refractivity contribution in [3.05, 3.63) is 65.8 Å². The number of hydrogen-bond acceptors (Lipinski definition) is 8. The predicted molar refractivity (Wildman–Crippen MR) is 118 cm³/mol. The fraction of sp³-hybridized carbons (Fsp3) is 0.375. The van der Waals surface area contributed by atoms with Gasteiger partial charge in [-0.15, -0.1) is 5.10 Å². The van der Waals surface area contributed by atoms with Gasteiger partial charge in [-0.2, -0.15) is 0 Å². The minimum absolute atomic E-state index is 0.0189. The maximum Gasteiger partial charge on any atom is 0.320 e. The van der Waals surface area contributed by atoms with Crippen LogP contribution in [-0.2, 0) is 16.0 Å². The Balaban J connectivity index is 1.29. The Hall–Kier alpha value is -3.55. The first-order valence-corrected chi connectivity index (χ1v) is 10.8. The summed E-state index contributed by atoms with van der Waals surface area (Å²) in [4.78, 5) is 28.0. The molecule has 8 nitrogen and oxygen atoms in total. The van der Waals surface area contributed by atoms with E-state index in [0.717, 1.165) is 36.9 Å². The highest BCUT2D eigenvalue weighted by Gasteiger charge is 2.24. The highest BCUT2D eigenvalue weighted by molar-refractivity contribution is 5.93. The molecule has 0 amide bonds. The van der Waals surface area contributed by atoms with Crippen molar-refractivity contribution in [3.63, 3.8) is 0 Å². The molecule has 3 aromatic rings. The fourth-order valence-electron chi connectivity index (χ4n) is 4.13. The molecule has 1 N–H and O–H groups in total. The number of carbonyl (C=O) groups excluding carboxylic acids is 2. The quantitative estimate of drug-likeness (QED) is 0.409. The van der Waals surface area contributed by atoms with Crippen molar-refractivity contribution in [1.82, 2.24) is 15.2 Å². The Morgan fingerprint density at radius 2 is 1.75 bits per heavy atom. The lowest BCUT2D eigenvalue weighted by Gasteiger charge is -2.28. The number of rotatable bonds is 8. The summed E-state index contributed by atoms with van der Waals surface area (Å²) in [6.07, 6.45) is 8.19. The Bertz CT molecular complexity index is 1040. The lowest BCUT2D eigenvalue weighted by Crippen LogP contribution is -2.17. The molecule has 1 saturated carbocycles. The van der Waals surface area contributed by atoms with E-state index in [0.29, 0.717) is 18.3 Å². The van der Waals surface area contributed by atoms with E-state index in [1.54, 1.807) is 24.5 Å². The van der Waals surface area contributed by atoms with E-state index in [9.17, 15) is 9.59 Å².